The number of carboxylic acids is 4. The first-order valence-corrected chi connectivity index (χ1v) is 6.00. The quantitative estimate of drug-likeness (QED) is 0.328. The molecule has 0 unspecified atom stereocenters. The molecule has 22 heavy (non-hydrogen) atoms. The van der Waals surface area contributed by atoms with Crippen LogP contribution in [-0.2, 0) is 36.5 Å². The summed E-state index contributed by atoms with van der Waals surface area (Å²) in [7, 11) is 0. The molecular weight excluding hydrogens is 340 g/mol. The maximum absolute atomic E-state index is 10.6. The Morgan fingerprint density at radius 1 is 0.727 bits per heavy atom. The molecule has 0 heterocycles. The Kier molecular flexibility index (Phi) is 12.3. The van der Waals surface area contributed by atoms with Gasteiger partial charge in [0.15, 0.2) is 0 Å². The maximum atomic E-state index is 10.6. The Labute approximate surface area is 137 Å². The largest absolute Gasteiger partial charge is 2.00 e. The molecule has 0 radical (unpaired) electrons. The first-order valence-electron chi connectivity index (χ1n) is 6.00. The minimum atomic E-state index is -1.40. The molecule has 0 atom stereocenters. The molecule has 11 heteroatoms. The SMILES string of the molecule is O=C([O-])CN(CCC(=O)O)CCN(CC(=O)O)CC(=O)O.[Cr+2]. The molecule has 0 aliphatic rings. The molecule has 0 aliphatic heterocycles. The Hall–Kier alpha value is -1.67. The van der Waals surface area contributed by atoms with E-state index < -0.39 is 43.5 Å². The van der Waals surface area contributed by atoms with Gasteiger partial charge in [-0.2, -0.15) is 0 Å². The van der Waals surface area contributed by atoms with Crippen molar-refractivity contribution in [3.05, 3.63) is 0 Å². The Morgan fingerprint density at radius 3 is 1.55 bits per heavy atom. The molecule has 0 fully saturated rings. The van der Waals surface area contributed by atoms with Gasteiger partial charge in [0.25, 0.3) is 0 Å². The fourth-order valence-corrected chi connectivity index (χ4v) is 1.59. The summed E-state index contributed by atoms with van der Waals surface area (Å²) in [5.41, 5.74) is 0. The Morgan fingerprint density at radius 2 is 1.18 bits per heavy atom. The zero-order valence-corrected chi connectivity index (χ0v) is 12.9. The fraction of sp³-hybridized carbons (Fsp3) is 0.636. The molecule has 3 N–H and O–H groups in total. The monoisotopic (exact) mass is 357 g/mol. The third-order valence-corrected chi connectivity index (χ3v) is 2.44. The average molecular weight is 357 g/mol. The third-order valence-electron chi connectivity index (χ3n) is 2.44. The van der Waals surface area contributed by atoms with Crippen molar-refractivity contribution in [3.63, 3.8) is 0 Å². The number of carbonyl (C=O) groups is 4. The number of nitrogens with zero attached hydrogens (tertiary/aromatic N) is 2. The van der Waals surface area contributed by atoms with Crippen LogP contribution >= 0.6 is 0 Å². The summed E-state index contributed by atoms with van der Waals surface area (Å²) < 4.78 is 0. The van der Waals surface area contributed by atoms with Crippen LogP contribution in [0.4, 0.5) is 0 Å². The minimum Gasteiger partial charge on any atom is -0.549 e. The van der Waals surface area contributed by atoms with E-state index in [2.05, 4.69) is 0 Å². The van der Waals surface area contributed by atoms with Crippen molar-refractivity contribution in [2.75, 3.05) is 39.3 Å². The van der Waals surface area contributed by atoms with Gasteiger partial charge in [-0.1, -0.05) is 0 Å². The molecule has 0 aliphatic carbocycles. The van der Waals surface area contributed by atoms with Crippen LogP contribution in [0.2, 0.25) is 0 Å². The number of hydrogen-bond donors (Lipinski definition) is 3. The van der Waals surface area contributed by atoms with Crippen LogP contribution in [0.3, 0.4) is 0 Å². The topological polar surface area (TPSA) is 159 Å². The molecular formula is C11H17CrN2O8+. The molecule has 0 saturated heterocycles. The molecule has 0 spiro atoms. The molecule has 0 amide bonds. The number of carboxylic acid groups (broad SMARTS) is 4. The second-order valence-electron chi connectivity index (χ2n) is 4.29. The first-order chi connectivity index (χ1) is 9.70. The predicted molar refractivity (Wildman–Crippen MR) is 65.4 cm³/mol. The fourth-order valence-electron chi connectivity index (χ4n) is 1.59. The molecule has 124 valence electrons. The van der Waals surface area contributed by atoms with E-state index in [1.165, 1.54) is 4.90 Å². The van der Waals surface area contributed by atoms with Gasteiger partial charge in [0.05, 0.1) is 25.5 Å². The normalized spacial score (nSPS) is 10.3. The molecule has 0 aromatic heterocycles. The maximum Gasteiger partial charge on any atom is 2.00 e. The van der Waals surface area contributed by atoms with Gasteiger partial charge in [0, 0.05) is 26.2 Å². The Balaban J connectivity index is 0. The standard InChI is InChI=1S/C11H18N2O8.Cr/c14-8(15)1-2-12(5-9(16)17)3-4-13(6-10(18)19)7-11(20)21;/h1-7H2,(H,14,15)(H,16,17)(H,18,19)(H,20,21);/q;+2/p-1. The van der Waals surface area contributed by atoms with Crippen LogP contribution in [0, 0.1) is 0 Å². The van der Waals surface area contributed by atoms with Gasteiger partial charge in [-0.3, -0.25) is 24.2 Å². The van der Waals surface area contributed by atoms with Gasteiger partial charge in [-0.25, -0.2) is 0 Å². The zero-order chi connectivity index (χ0) is 16.4. The molecule has 0 bridgehead atoms. The van der Waals surface area contributed by atoms with Crippen molar-refractivity contribution in [2.45, 2.75) is 6.42 Å². The van der Waals surface area contributed by atoms with E-state index >= 15 is 0 Å². The van der Waals surface area contributed by atoms with Gasteiger partial charge in [-0.05, 0) is 0 Å². The smallest absolute Gasteiger partial charge is 0.549 e. The third kappa shape index (κ3) is 13.3. The molecule has 0 saturated carbocycles. The summed E-state index contributed by atoms with van der Waals surface area (Å²) in [6.45, 7) is -1.60. The van der Waals surface area contributed by atoms with Crippen LogP contribution in [0.25, 0.3) is 0 Å². The van der Waals surface area contributed by atoms with Crippen molar-refractivity contribution < 1.29 is 57.0 Å². The van der Waals surface area contributed by atoms with E-state index in [-0.39, 0.29) is 43.4 Å². The summed E-state index contributed by atoms with van der Waals surface area (Å²) in [5.74, 6) is -4.93. The number of rotatable bonds is 12. The molecule has 0 rings (SSSR count). The van der Waals surface area contributed by atoms with Gasteiger partial charge in [0.1, 0.15) is 0 Å². The summed E-state index contributed by atoms with van der Waals surface area (Å²) in [4.78, 5) is 44.6. The Bertz CT molecular complexity index is 388. The summed E-state index contributed by atoms with van der Waals surface area (Å²) in [6, 6.07) is 0. The van der Waals surface area contributed by atoms with Gasteiger partial charge >= 0.3 is 35.3 Å². The predicted octanol–water partition coefficient (Wildman–Crippen LogP) is -3.02. The van der Waals surface area contributed by atoms with Crippen LogP contribution in [-0.4, -0.2) is 88.3 Å². The molecule has 10 nitrogen and oxygen atoms in total. The van der Waals surface area contributed by atoms with Crippen LogP contribution < -0.4 is 5.11 Å². The summed E-state index contributed by atoms with van der Waals surface area (Å²) in [5, 5.41) is 36.4. The van der Waals surface area contributed by atoms with Crippen molar-refractivity contribution in [1.82, 2.24) is 9.80 Å². The summed E-state index contributed by atoms with van der Waals surface area (Å²) in [6.07, 6.45) is -0.287. The van der Waals surface area contributed by atoms with Crippen LogP contribution in [0.1, 0.15) is 6.42 Å². The van der Waals surface area contributed by atoms with E-state index in [0.717, 1.165) is 4.90 Å². The van der Waals surface area contributed by atoms with Crippen LogP contribution in [0.15, 0.2) is 0 Å². The summed E-state index contributed by atoms with van der Waals surface area (Å²) >= 11 is 0. The second-order valence-corrected chi connectivity index (χ2v) is 4.29. The van der Waals surface area contributed by atoms with Crippen molar-refractivity contribution in [3.8, 4) is 0 Å². The van der Waals surface area contributed by atoms with Crippen molar-refractivity contribution >= 4 is 23.9 Å². The van der Waals surface area contributed by atoms with E-state index in [9.17, 15) is 24.3 Å². The molecule has 0 aromatic carbocycles. The van der Waals surface area contributed by atoms with E-state index in [1.54, 1.807) is 0 Å². The minimum absolute atomic E-state index is 0. The molecule has 0 aromatic rings. The van der Waals surface area contributed by atoms with Gasteiger partial charge in [-0.15, -0.1) is 0 Å². The van der Waals surface area contributed by atoms with Crippen molar-refractivity contribution in [2.24, 2.45) is 0 Å². The average Bonchev–Trinajstić information content (AvgIpc) is 2.30. The zero-order valence-electron chi connectivity index (χ0n) is 11.6. The number of carbonyl (C=O) groups excluding carboxylic acids is 1. The number of aliphatic carboxylic acids is 4. The van der Waals surface area contributed by atoms with Crippen molar-refractivity contribution in [1.29, 1.82) is 0 Å². The van der Waals surface area contributed by atoms with E-state index in [0.29, 0.717) is 0 Å². The van der Waals surface area contributed by atoms with E-state index in [1.807, 2.05) is 0 Å². The van der Waals surface area contributed by atoms with Crippen LogP contribution in [0.5, 0.6) is 0 Å². The second kappa shape index (κ2) is 11.9. The van der Waals surface area contributed by atoms with Gasteiger partial charge in [0.2, 0.25) is 0 Å². The number of hydrogen-bond acceptors (Lipinski definition) is 7. The van der Waals surface area contributed by atoms with Gasteiger partial charge < -0.3 is 25.2 Å². The first kappa shape index (κ1) is 22.6. The van der Waals surface area contributed by atoms with E-state index in [4.69, 9.17) is 15.3 Å².